The molecule has 2 nitrogen and oxygen atoms in total. The molecule has 0 saturated heterocycles. The molecular weight excluding hydrogens is 232 g/mol. The topological polar surface area (TPSA) is 24.9 Å². The molecule has 0 bridgehead atoms. The number of aromatic nitrogens is 1. The lowest BCUT2D eigenvalue weighted by Crippen LogP contribution is -2.26. The quantitative estimate of drug-likeness (QED) is 0.873. The second kappa shape index (κ2) is 6.16. The van der Waals surface area contributed by atoms with Crippen molar-refractivity contribution in [3.63, 3.8) is 0 Å². The number of aryl methyl sites for hydroxylation is 1. The van der Waals surface area contributed by atoms with E-state index in [0.717, 1.165) is 17.8 Å². The molecule has 0 radical (unpaired) electrons. The second-order valence-electron chi connectivity index (χ2n) is 5.50. The summed E-state index contributed by atoms with van der Waals surface area (Å²) in [5, 5.41) is 4.72. The van der Waals surface area contributed by atoms with Crippen LogP contribution in [0.1, 0.15) is 44.4 Å². The summed E-state index contributed by atoms with van der Waals surface area (Å²) in [5.41, 5.74) is 3.58. The minimum atomic E-state index is 0.562. The molecule has 1 aromatic heterocycles. The highest BCUT2D eigenvalue weighted by molar-refractivity contribution is 5.79. The Morgan fingerprint density at radius 3 is 2.68 bits per heavy atom. The van der Waals surface area contributed by atoms with E-state index in [0.29, 0.717) is 12.0 Å². The highest BCUT2D eigenvalue weighted by Gasteiger charge is 2.10. The van der Waals surface area contributed by atoms with Gasteiger partial charge in [0.15, 0.2) is 0 Å². The number of benzene rings is 1. The van der Waals surface area contributed by atoms with E-state index >= 15 is 0 Å². The summed E-state index contributed by atoms with van der Waals surface area (Å²) in [6.45, 7) is 9.79. The molecule has 0 amide bonds. The van der Waals surface area contributed by atoms with Gasteiger partial charge >= 0.3 is 0 Å². The highest BCUT2D eigenvalue weighted by Crippen LogP contribution is 2.24. The molecule has 2 heteroatoms. The van der Waals surface area contributed by atoms with Crippen molar-refractivity contribution in [3.8, 4) is 0 Å². The monoisotopic (exact) mass is 256 g/mol. The fourth-order valence-corrected chi connectivity index (χ4v) is 2.65. The first-order valence-corrected chi connectivity index (χ1v) is 7.21. The number of nitrogens with zero attached hydrogens (tertiary/aromatic N) is 1. The smallest absolute Gasteiger partial charge is 0.0705 e. The molecular formula is C17H24N2. The van der Waals surface area contributed by atoms with E-state index < -0.39 is 0 Å². The number of hydrogen-bond acceptors (Lipinski definition) is 2. The minimum absolute atomic E-state index is 0.562. The summed E-state index contributed by atoms with van der Waals surface area (Å²) >= 11 is 0. The lowest BCUT2D eigenvalue weighted by molar-refractivity contribution is 0.491. The Morgan fingerprint density at radius 1 is 1.16 bits per heavy atom. The van der Waals surface area contributed by atoms with Crippen LogP contribution in [0.2, 0.25) is 0 Å². The van der Waals surface area contributed by atoms with E-state index in [4.69, 9.17) is 0 Å². The molecule has 0 aliphatic heterocycles. The average Bonchev–Trinajstić information content (AvgIpc) is 2.38. The van der Waals surface area contributed by atoms with Gasteiger partial charge < -0.3 is 5.32 Å². The van der Waals surface area contributed by atoms with Gasteiger partial charge in [-0.2, -0.15) is 0 Å². The van der Waals surface area contributed by atoms with E-state index in [1.165, 1.54) is 17.4 Å². The SMILES string of the molecule is CCNC(C)CC(C)c1ccc2nc(C)ccc2c1. The Labute approximate surface area is 116 Å². The van der Waals surface area contributed by atoms with Crippen molar-refractivity contribution in [3.05, 3.63) is 41.6 Å². The molecule has 102 valence electrons. The van der Waals surface area contributed by atoms with Crippen LogP contribution in [0, 0.1) is 6.92 Å². The van der Waals surface area contributed by atoms with E-state index in [1.54, 1.807) is 0 Å². The predicted molar refractivity (Wildman–Crippen MR) is 82.7 cm³/mol. The Kier molecular flexibility index (Phi) is 4.54. The van der Waals surface area contributed by atoms with Crippen LogP contribution < -0.4 is 5.32 Å². The highest BCUT2D eigenvalue weighted by atomic mass is 14.9. The molecule has 2 aromatic rings. The van der Waals surface area contributed by atoms with Crippen molar-refractivity contribution < 1.29 is 0 Å². The first-order chi connectivity index (χ1) is 9.10. The Balaban J connectivity index is 2.18. The zero-order chi connectivity index (χ0) is 13.8. The normalized spacial score (nSPS) is 14.5. The van der Waals surface area contributed by atoms with Crippen molar-refractivity contribution in [2.45, 2.75) is 46.1 Å². The Morgan fingerprint density at radius 2 is 1.95 bits per heavy atom. The minimum Gasteiger partial charge on any atom is -0.315 e. The first-order valence-electron chi connectivity index (χ1n) is 7.21. The molecule has 19 heavy (non-hydrogen) atoms. The molecule has 1 heterocycles. The third-order valence-electron chi connectivity index (χ3n) is 3.68. The van der Waals surface area contributed by atoms with Crippen molar-refractivity contribution in [2.75, 3.05) is 6.54 Å². The summed E-state index contributed by atoms with van der Waals surface area (Å²) in [4.78, 5) is 4.55. The fourth-order valence-electron chi connectivity index (χ4n) is 2.65. The summed E-state index contributed by atoms with van der Waals surface area (Å²) in [6, 6.07) is 11.5. The fraction of sp³-hybridized carbons (Fsp3) is 0.471. The van der Waals surface area contributed by atoms with Crippen LogP contribution in [0.4, 0.5) is 0 Å². The largest absolute Gasteiger partial charge is 0.315 e. The van der Waals surface area contributed by atoms with E-state index in [2.05, 4.69) is 61.4 Å². The molecule has 1 N–H and O–H groups in total. The molecule has 0 spiro atoms. The summed E-state index contributed by atoms with van der Waals surface area (Å²) in [7, 11) is 0. The number of nitrogens with one attached hydrogen (secondary N) is 1. The van der Waals surface area contributed by atoms with Crippen molar-refractivity contribution in [1.29, 1.82) is 0 Å². The maximum absolute atomic E-state index is 4.55. The summed E-state index contributed by atoms with van der Waals surface area (Å²) < 4.78 is 0. The molecule has 2 rings (SSSR count). The van der Waals surface area contributed by atoms with Gasteiger partial charge in [0, 0.05) is 17.1 Å². The third-order valence-corrected chi connectivity index (χ3v) is 3.68. The van der Waals surface area contributed by atoms with Gasteiger partial charge in [0.2, 0.25) is 0 Å². The van der Waals surface area contributed by atoms with Gasteiger partial charge in [0.25, 0.3) is 0 Å². The maximum atomic E-state index is 4.55. The molecule has 2 unspecified atom stereocenters. The lowest BCUT2D eigenvalue weighted by atomic mass is 9.93. The third kappa shape index (κ3) is 3.54. The van der Waals surface area contributed by atoms with Crippen LogP contribution >= 0.6 is 0 Å². The van der Waals surface area contributed by atoms with Crippen molar-refractivity contribution >= 4 is 10.9 Å². The average molecular weight is 256 g/mol. The Bertz CT molecular complexity index is 548. The van der Waals surface area contributed by atoms with Crippen molar-refractivity contribution in [2.24, 2.45) is 0 Å². The molecule has 0 aliphatic rings. The summed E-state index contributed by atoms with van der Waals surface area (Å²) in [5.74, 6) is 0.569. The van der Waals surface area contributed by atoms with E-state index in [1.807, 2.05) is 6.92 Å². The van der Waals surface area contributed by atoms with Gasteiger partial charge in [0.1, 0.15) is 0 Å². The number of pyridine rings is 1. The number of fused-ring (bicyclic) bond motifs is 1. The van der Waals surface area contributed by atoms with Crippen LogP contribution in [0.25, 0.3) is 10.9 Å². The maximum Gasteiger partial charge on any atom is 0.0705 e. The van der Waals surface area contributed by atoms with Gasteiger partial charge in [0.05, 0.1) is 5.52 Å². The van der Waals surface area contributed by atoms with Crippen LogP contribution in [-0.2, 0) is 0 Å². The van der Waals surface area contributed by atoms with Crippen molar-refractivity contribution in [1.82, 2.24) is 10.3 Å². The molecule has 0 fully saturated rings. The molecule has 0 saturated carbocycles. The predicted octanol–water partition coefficient (Wildman–Crippen LogP) is 4.03. The second-order valence-corrected chi connectivity index (χ2v) is 5.50. The zero-order valence-electron chi connectivity index (χ0n) is 12.4. The van der Waals surface area contributed by atoms with Gasteiger partial charge in [-0.3, -0.25) is 4.98 Å². The first kappa shape index (κ1) is 14.0. The molecule has 0 aliphatic carbocycles. The zero-order valence-corrected chi connectivity index (χ0v) is 12.4. The summed E-state index contributed by atoms with van der Waals surface area (Å²) in [6.07, 6.45) is 1.17. The van der Waals surface area contributed by atoms with Gasteiger partial charge in [-0.15, -0.1) is 0 Å². The van der Waals surface area contributed by atoms with E-state index in [-0.39, 0.29) is 0 Å². The lowest BCUT2D eigenvalue weighted by Gasteiger charge is -2.18. The standard InChI is InChI=1S/C17H24N2/c1-5-18-14(4)10-12(2)15-8-9-17-16(11-15)7-6-13(3)19-17/h6-9,11-12,14,18H,5,10H2,1-4H3. The van der Waals surface area contributed by atoms with Crippen LogP contribution in [0.3, 0.4) is 0 Å². The van der Waals surface area contributed by atoms with Gasteiger partial charge in [-0.1, -0.05) is 26.0 Å². The van der Waals surface area contributed by atoms with E-state index in [9.17, 15) is 0 Å². The molecule has 2 atom stereocenters. The van der Waals surface area contributed by atoms with Gasteiger partial charge in [-0.05, 0) is 56.5 Å². The van der Waals surface area contributed by atoms with Crippen LogP contribution in [-0.4, -0.2) is 17.6 Å². The Hall–Kier alpha value is -1.41. The number of rotatable bonds is 5. The molecule has 1 aromatic carbocycles. The van der Waals surface area contributed by atoms with Crippen LogP contribution in [0.5, 0.6) is 0 Å². The number of hydrogen-bond donors (Lipinski definition) is 1. The van der Waals surface area contributed by atoms with Gasteiger partial charge in [-0.25, -0.2) is 0 Å². The van der Waals surface area contributed by atoms with Crippen LogP contribution in [0.15, 0.2) is 30.3 Å².